The summed E-state index contributed by atoms with van der Waals surface area (Å²) in [7, 11) is 0. The Morgan fingerprint density at radius 1 is 1.38 bits per heavy atom. The van der Waals surface area contributed by atoms with E-state index in [1.54, 1.807) is 13.1 Å². The molecule has 1 aromatic heterocycles. The van der Waals surface area contributed by atoms with Crippen LogP contribution in [0.1, 0.15) is 32.0 Å². The van der Waals surface area contributed by atoms with Crippen molar-refractivity contribution in [3.05, 3.63) is 40.9 Å². The van der Waals surface area contributed by atoms with Crippen LogP contribution in [0.25, 0.3) is 0 Å². The largest absolute Gasteiger partial charge is 0.491 e. The highest BCUT2D eigenvalue weighted by Crippen LogP contribution is 2.16. The van der Waals surface area contributed by atoms with Gasteiger partial charge in [0.05, 0.1) is 31.0 Å². The molecule has 1 aromatic carbocycles. The third kappa shape index (κ3) is 6.00. The predicted octanol–water partition coefficient (Wildman–Crippen LogP) is 3.48. The van der Waals surface area contributed by atoms with Gasteiger partial charge in [-0.3, -0.25) is 10.2 Å². The smallest absolute Gasteiger partial charge is 0.311 e. The van der Waals surface area contributed by atoms with E-state index in [1.165, 1.54) is 11.3 Å². The lowest BCUT2D eigenvalue weighted by molar-refractivity contribution is -0.142. The quantitative estimate of drug-likeness (QED) is 0.450. The van der Waals surface area contributed by atoms with Crippen molar-refractivity contribution in [3.8, 4) is 5.75 Å². The summed E-state index contributed by atoms with van der Waals surface area (Å²) in [5, 5.41) is 6.59. The van der Waals surface area contributed by atoms with Crippen LogP contribution in [0.5, 0.6) is 5.75 Å². The van der Waals surface area contributed by atoms with Crippen LogP contribution in [0.3, 0.4) is 0 Å². The van der Waals surface area contributed by atoms with E-state index in [0.29, 0.717) is 17.4 Å². The monoisotopic (exact) mass is 347 g/mol. The minimum atomic E-state index is -0.276. The molecular weight excluding hydrogens is 326 g/mol. The third-order valence-electron chi connectivity index (χ3n) is 2.81. The van der Waals surface area contributed by atoms with E-state index in [1.807, 2.05) is 43.5 Å². The fourth-order valence-electron chi connectivity index (χ4n) is 1.87. The Kier molecular flexibility index (Phi) is 6.74. The number of nitrogens with one attached hydrogen (secondary N) is 1. The van der Waals surface area contributed by atoms with Crippen LogP contribution in [-0.4, -0.2) is 29.9 Å². The predicted molar refractivity (Wildman–Crippen MR) is 95.9 cm³/mol. The standard InChI is InChI=1S/C17H21N3O3S/c1-4-22-16(21)9-14-11-24-17(19-14)20-18-10-13-5-7-15(8-6-13)23-12(2)3/h5-8,10-12H,4,9H2,1-3H3,(H,19,20). The number of ether oxygens (including phenoxy) is 2. The van der Waals surface area contributed by atoms with E-state index in [4.69, 9.17) is 9.47 Å². The number of anilines is 1. The highest BCUT2D eigenvalue weighted by atomic mass is 32.1. The fraction of sp³-hybridized carbons (Fsp3) is 0.353. The summed E-state index contributed by atoms with van der Waals surface area (Å²) in [6.45, 7) is 6.13. The summed E-state index contributed by atoms with van der Waals surface area (Å²) in [5.74, 6) is 0.556. The van der Waals surface area contributed by atoms with E-state index in [9.17, 15) is 4.79 Å². The molecule has 7 heteroatoms. The maximum Gasteiger partial charge on any atom is 0.311 e. The van der Waals surface area contributed by atoms with Gasteiger partial charge in [0.2, 0.25) is 5.13 Å². The van der Waals surface area contributed by atoms with Gasteiger partial charge in [0.15, 0.2) is 0 Å². The molecule has 2 rings (SSSR count). The van der Waals surface area contributed by atoms with Crippen molar-refractivity contribution in [1.82, 2.24) is 4.98 Å². The van der Waals surface area contributed by atoms with Gasteiger partial charge in [-0.15, -0.1) is 11.3 Å². The van der Waals surface area contributed by atoms with Crippen molar-refractivity contribution in [1.29, 1.82) is 0 Å². The number of hydrogen-bond acceptors (Lipinski definition) is 7. The van der Waals surface area contributed by atoms with Gasteiger partial charge in [-0.05, 0) is 50.6 Å². The molecule has 0 saturated heterocycles. The van der Waals surface area contributed by atoms with Crippen LogP contribution in [0, 0.1) is 0 Å². The molecule has 0 radical (unpaired) electrons. The van der Waals surface area contributed by atoms with Crippen LogP contribution in [0.2, 0.25) is 0 Å². The molecule has 2 aromatic rings. The number of hydrazone groups is 1. The molecule has 128 valence electrons. The molecule has 0 saturated carbocycles. The number of hydrogen-bond donors (Lipinski definition) is 1. The molecule has 0 amide bonds. The van der Waals surface area contributed by atoms with Crippen molar-refractivity contribution in [2.45, 2.75) is 33.3 Å². The second kappa shape index (κ2) is 9.02. The molecule has 0 aliphatic heterocycles. The fourth-order valence-corrected chi connectivity index (χ4v) is 2.53. The average Bonchev–Trinajstić information content (AvgIpc) is 2.96. The van der Waals surface area contributed by atoms with Crippen molar-refractivity contribution in [2.24, 2.45) is 5.10 Å². The SMILES string of the molecule is CCOC(=O)Cc1csc(NN=Cc2ccc(OC(C)C)cc2)n1. The first-order valence-electron chi connectivity index (χ1n) is 7.72. The molecule has 0 spiro atoms. The van der Waals surface area contributed by atoms with Crippen LogP contribution in [0.4, 0.5) is 5.13 Å². The first kappa shape index (κ1) is 17.9. The number of carbonyl (C=O) groups excluding carboxylic acids is 1. The second-order valence-corrected chi connectivity index (χ2v) is 6.09. The van der Waals surface area contributed by atoms with Gasteiger partial charge in [0, 0.05) is 5.38 Å². The van der Waals surface area contributed by atoms with Crippen molar-refractivity contribution < 1.29 is 14.3 Å². The summed E-state index contributed by atoms with van der Waals surface area (Å²) >= 11 is 1.39. The van der Waals surface area contributed by atoms with Crippen LogP contribution >= 0.6 is 11.3 Å². The first-order chi connectivity index (χ1) is 11.6. The maximum absolute atomic E-state index is 11.4. The molecule has 0 aliphatic carbocycles. The first-order valence-corrected chi connectivity index (χ1v) is 8.60. The van der Waals surface area contributed by atoms with Gasteiger partial charge in [-0.25, -0.2) is 4.98 Å². The van der Waals surface area contributed by atoms with Gasteiger partial charge < -0.3 is 9.47 Å². The summed E-state index contributed by atoms with van der Waals surface area (Å²) in [6.07, 6.45) is 2.03. The number of thiazole rings is 1. The Balaban J connectivity index is 1.85. The summed E-state index contributed by atoms with van der Waals surface area (Å²) in [6, 6.07) is 7.66. The molecule has 0 fully saturated rings. The van der Waals surface area contributed by atoms with E-state index < -0.39 is 0 Å². The van der Waals surface area contributed by atoms with Gasteiger partial charge >= 0.3 is 5.97 Å². The number of rotatable bonds is 8. The van der Waals surface area contributed by atoms with Gasteiger partial charge in [-0.2, -0.15) is 5.10 Å². The van der Waals surface area contributed by atoms with Crippen molar-refractivity contribution >= 4 is 28.7 Å². The average molecular weight is 347 g/mol. The Bertz CT molecular complexity index is 681. The number of esters is 1. The molecule has 0 aliphatic rings. The summed E-state index contributed by atoms with van der Waals surface area (Å²) in [5.41, 5.74) is 4.48. The van der Waals surface area contributed by atoms with Crippen LogP contribution < -0.4 is 10.2 Å². The van der Waals surface area contributed by atoms with E-state index in [-0.39, 0.29) is 18.5 Å². The number of aromatic nitrogens is 1. The lowest BCUT2D eigenvalue weighted by atomic mass is 10.2. The zero-order valence-electron chi connectivity index (χ0n) is 14.0. The molecule has 24 heavy (non-hydrogen) atoms. The molecule has 1 heterocycles. The van der Waals surface area contributed by atoms with Crippen LogP contribution in [0.15, 0.2) is 34.7 Å². The Hall–Kier alpha value is -2.41. The van der Waals surface area contributed by atoms with Crippen molar-refractivity contribution in [2.75, 3.05) is 12.0 Å². The molecular formula is C17H21N3O3S. The lowest BCUT2D eigenvalue weighted by Gasteiger charge is -2.08. The van der Waals surface area contributed by atoms with Gasteiger partial charge in [0.1, 0.15) is 5.75 Å². The molecule has 1 N–H and O–H groups in total. The number of nitrogens with zero attached hydrogens (tertiary/aromatic N) is 2. The van der Waals surface area contributed by atoms with E-state index >= 15 is 0 Å². The lowest BCUT2D eigenvalue weighted by Crippen LogP contribution is -2.07. The molecule has 0 unspecified atom stereocenters. The topological polar surface area (TPSA) is 72.8 Å². The number of benzene rings is 1. The molecule has 0 bridgehead atoms. The van der Waals surface area contributed by atoms with Gasteiger partial charge in [-0.1, -0.05) is 0 Å². The summed E-state index contributed by atoms with van der Waals surface area (Å²) < 4.78 is 10.5. The highest BCUT2D eigenvalue weighted by Gasteiger charge is 2.07. The Morgan fingerprint density at radius 3 is 2.79 bits per heavy atom. The minimum absolute atomic E-state index is 0.153. The Labute approximate surface area is 145 Å². The molecule has 6 nitrogen and oxygen atoms in total. The van der Waals surface area contributed by atoms with E-state index in [2.05, 4.69) is 15.5 Å². The zero-order chi connectivity index (χ0) is 17.4. The Morgan fingerprint density at radius 2 is 2.12 bits per heavy atom. The van der Waals surface area contributed by atoms with E-state index in [0.717, 1.165) is 11.3 Å². The normalized spacial score (nSPS) is 11.0. The second-order valence-electron chi connectivity index (χ2n) is 5.23. The minimum Gasteiger partial charge on any atom is -0.491 e. The summed E-state index contributed by atoms with van der Waals surface area (Å²) in [4.78, 5) is 15.7. The number of carbonyl (C=O) groups is 1. The van der Waals surface area contributed by atoms with Crippen LogP contribution in [-0.2, 0) is 16.0 Å². The third-order valence-corrected chi connectivity index (χ3v) is 3.60. The van der Waals surface area contributed by atoms with Crippen molar-refractivity contribution in [3.63, 3.8) is 0 Å². The van der Waals surface area contributed by atoms with Gasteiger partial charge in [0.25, 0.3) is 0 Å². The zero-order valence-corrected chi connectivity index (χ0v) is 14.8. The maximum atomic E-state index is 11.4. The highest BCUT2D eigenvalue weighted by molar-refractivity contribution is 7.13. The molecule has 0 atom stereocenters.